The molecule has 0 unspecified atom stereocenters. The Morgan fingerprint density at radius 1 is 1.28 bits per heavy atom. The van der Waals surface area contributed by atoms with E-state index in [9.17, 15) is 14.3 Å². The summed E-state index contributed by atoms with van der Waals surface area (Å²) in [4.78, 5) is 16.6. The van der Waals surface area contributed by atoms with Gasteiger partial charge in [0.15, 0.2) is 0 Å². The summed E-state index contributed by atoms with van der Waals surface area (Å²) in [5.74, 6) is -0.356. The lowest BCUT2D eigenvalue weighted by Crippen LogP contribution is -2.29. The molecule has 3 rings (SSSR count). The Morgan fingerprint density at radius 2 is 2.08 bits per heavy atom. The van der Waals surface area contributed by atoms with Crippen LogP contribution in [0, 0.1) is 5.82 Å². The number of hydrogen-bond donors (Lipinski definition) is 1. The zero-order valence-electron chi connectivity index (χ0n) is 13.2. The minimum Gasteiger partial charge on any atom is -0.389 e. The van der Waals surface area contributed by atoms with Crippen LogP contribution < -0.4 is 5.56 Å². The Hall–Kier alpha value is -2.28. The highest BCUT2D eigenvalue weighted by Crippen LogP contribution is 2.14. The molecule has 1 N–H and O–H groups in total. The maximum absolute atomic E-state index is 13.5. The molecule has 2 aromatic carbocycles. The maximum Gasteiger partial charge on any atom is 0.261 e. The minimum absolute atomic E-state index is 0.0283. The molecule has 0 aliphatic rings. The van der Waals surface area contributed by atoms with Gasteiger partial charge in [-0.1, -0.05) is 29.8 Å². The van der Waals surface area contributed by atoms with Crippen LogP contribution in [0.25, 0.3) is 10.9 Å². The molecule has 0 radical (unpaired) electrons. The first-order chi connectivity index (χ1) is 12.0. The van der Waals surface area contributed by atoms with Crippen molar-refractivity contribution in [1.29, 1.82) is 0 Å². The molecule has 0 amide bonds. The Bertz CT molecular complexity index is 945. The van der Waals surface area contributed by atoms with Crippen LogP contribution in [-0.4, -0.2) is 27.4 Å². The quantitative estimate of drug-likeness (QED) is 0.732. The molecule has 1 heterocycles. The summed E-state index contributed by atoms with van der Waals surface area (Å²) in [5, 5.41) is 11.0. The fourth-order valence-electron chi connectivity index (χ4n) is 2.46. The predicted molar refractivity (Wildman–Crippen MR) is 93.1 cm³/mol. The summed E-state index contributed by atoms with van der Waals surface area (Å²) < 4.78 is 20.1. The maximum atomic E-state index is 13.5. The second kappa shape index (κ2) is 7.74. The third kappa shape index (κ3) is 4.22. The molecule has 0 aliphatic carbocycles. The van der Waals surface area contributed by atoms with Gasteiger partial charge in [-0.15, -0.1) is 0 Å². The van der Waals surface area contributed by atoms with Gasteiger partial charge in [-0.3, -0.25) is 9.36 Å². The van der Waals surface area contributed by atoms with Gasteiger partial charge in [-0.2, -0.15) is 0 Å². The fourth-order valence-corrected chi connectivity index (χ4v) is 2.63. The molecule has 0 aliphatic heterocycles. The SMILES string of the molecule is O=c1c2ccc(Cl)cc2ncn1C[C@@H](O)COCc1ccccc1F. The molecule has 0 saturated heterocycles. The van der Waals surface area contributed by atoms with Gasteiger partial charge >= 0.3 is 0 Å². The van der Waals surface area contributed by atoms with Crippen LogP contribution in [0.15, 0.2) is 53.6 Å². The molecule has 0 bridgehead atoms. The van der Waals surface area contributed by atoms with Gasteiger partial charge in [0.1, 0.15) is 5.82 Å². The summed E-state index contributed by atoms with van der Waals surface area (Å²) in [6.45, 7) is 0.0498. The second-order valence-corrected chi connectivity index (χ2v) is 6.06. The lowest BCUT2D eigenvalue weighted by molar-refractivity contribution is 0.0189. The Kier molecular flexibility index (Phi) is 5.43. The third-order valence-electron chi connectivity index (χ3n) is 3.72. The number of aliphatic hydroxyl groups excluding tert-OH is 1. The van der Waals surface area contributed by atoms with Crippen molar-refractivity contribution in [1.82, 2.24) is 9.55 Å². The largest absolute Gasteiger partial charge is 0.389 e. The van der Waals surface area contributed by atoms with Gasteiger partial charge in [-0.05, 0) is 24.3 Å². The van der Waals surface area contributed by atoms with Crippen LogP contribution in [0.1, 0.15) is 5.56 Å². The Labute approximate surface area is 148 Å². The first kappa shape index (κ1) is 17.5. The molecule has 0 saturated carbocycles. The van der Waals surface area contributed by atoms with E-state index in [1.54, 1.807) is 36.4 Å². The van der Waals surface area contributed by atoms with E-state index in [0.717, 1.165) is 0 Å². The van der Waals surface area contributed by atoms with E-state index in [1.807, 2.05) is 0 Å². The van der Waals surface area contributed by atoms with Crippen molar-refractivity contribution in [3.63, 3.8) is 0 Å². The van der Waals surface area contributed by atoms with Crippen LogP contribution in [0.3, 0.4) is 0 Å². The zero-order valence-corrected chi connectivity index (χ0v) is 14.0. The number of nitrogens with zero attached hydrogens (tertiary/aromatic N) is 2. The molecule has 3 aromatic rings. The van der Waals surface area contributed by atoms with Gasteiger partial charge in [0.05, 0.1) is 43.1 Å². The van der Waals surface area contributed by atoms with E-state index in [2.05, 4.69) is 4.98 Å². The van der Waals surface area contributed by atoms with Crippen LogP contribution in [0.2, 0.25) is 5.02 Å². The summed E-state index contributed by atoms with van der Waals surface area (Å²) in [6.07, 6.45) is 0.442. The van der Waals surface area contributed by atoms with Crippen molar-refractivity contribution in [2.75, 3.05) is 6.61 Å². The summed E-state index contributed by atoms with van der Waals surface area (Å²) in [5.41, 5.74) is 0.644. The number of fused-ring (bicyclic) bond motifs is 1. The van der Waals surface area contributed by atoms with Crippen LogP contribution >= 0.6 is 11.6 Å². The average molecular weight is 363 g/mol. The highest BCUT2D eigenvalue weighted by Gasteiger charge is 2.10. The van der Waals surface area contributed by atoms with Gasteiger partial charge in [0.2, 0.25) is 0 Å². The van der Waals surface area contributed by atoms with Gasteiger partial charge in [0.25, 0.3) is 5.56 Å². The number of hydrogen-bond acceptors (Lipinski definition) is 4. The van der Waals surface area contributed by atoms with E-state index < -0.39 is 6.10 Å². The predicted octanol–water partition coefficient (Wildman–Crippen LogP) is 2.77. The van der Waals surface area contributed by atoms with Crippen LogP contribution in [-0.2, 0) is 17.9 Å². The standard InChI is InChI=1S/C18H16ClFN2O3/c19-13-5-6-15-17(7-13)21-11-22(18(15)24)8-14(23)10-25-9-12-3-1-2-4-16(12)20/h1-7,11,14,23H,8-10H2/t14-/m1/s1. The van der Waals surface area contributed by atoms with Crippen molar-refractivity contribution < 1.29 is 14.2 Å². The van der Waals surface area contributed by atoms with E-state index in [-0.39, 0.29) is 31.1 Å². The molecular formula is C18H16ClFN2O3. The molecule has 0 fully saturated rings. The summed E-state index contributed by atoms with van der Waals surface area (Å²) in [7, 11) is 0. The smallest absolute Gasteiger partial charge is 0.261 e. The van der Waals surface area contributed by atoms with Crippen molar-refractivity contribution in [3.8, 4) is 0 Å². The third-order valence-corrected chi connectivity index (χ3v) is 3.96. The number of aromatic nitrogens is 2. The number of halogens is 2. The molecular weight excluding hydrogens is 347 g/mol. The fraction of sp³-hybridized carbons (Fsp3) is 0.222. The van der Waals surface area contributed by atoms with Gasteiger partial charge in [-0.25, -0.2) is 9.37 Å². The van der Waals surface area contributed by atoms with Gasteiger partial charge in [0, 0.05) is 10.6 Å². The number of ether oxygens (including phenoxy) is 1. The number of rotatable bonds is 6. The topological polar surface area (TPSA) is 64.4 Å². The molecule has 7 heteroatoms. The van der Waals surface area contributed by atoms with Crippen molar-refractivity contribution in [3.05, 3.63) is 75.5 Å². The van der Waals surface area contributed by atoms with Crippen molar-refractivity contribution >= 4 is 22.5 Å². The van der Waals surface area contributed by atoms with Crippen molar-refractivity contribution in [2.24, 2.45) is 0 Å². The molecule has 0 spiro atoms. The Morgan fingerprint density at radius 3 is 2.88 bits per heavy atom. The monoisotopic (exact) mass is 362 g/mol. The van der Waals surface area contributed by atoms with Crippen molar-refractivity contribution in [2.45, 2.75) is 19.3 Å². The normalized spacial score (nSPS) is 12.4. The summed E-state index contributed by atoms with van der Waals surface area (Å²) >= 11 is 5.88. The van der Waals surface area contributed by atoms with E-state index >= 15 is 0 Å². The number of benzene rings is 2. The van der Waals surface area contributed by atoms with Gasteiger partial charge < -0.3 is 9.84 Å². The first-order valence-electron chi connectivity index (χ1n) is 7.68. The molecule has 130 valence electrons. The van der Waals surface area contributed by atoms with Crippen LogP contribution in [0.5, 0.6) is 0 Å². The molecule has 1 aromatic heterocycles. The molecule has 25 heavy (non-hydrogen) atoms. The number of aliphatic hydroxyl groups is 1. The minimum atomic E-state index is -0.920. The van der Waals surface area contributed by atoms with E-state index in [1.165, 1.54) is 17.0 Å². The summed E-state index contributed by atoms with van der Waals surface area (Å²) in [6, 6.07) is 11.1. The lowest BCUT2D eigenvalue weighted by Gasteiger charge is -2.13. The van der Waals surface area contributed by atoms with E-state index in [4.69, 9.17) is 16.3 Å². The lowest BCUT2D eigenvalue weighted by atomic mass is 10.2. The zero-order chi connectivity index (χ0) is 17.8. The highest BCUT2D eigenvalue weighted by atomic mass is 35.5. The van der Waals surface area contributed by atoms with Crippen LogP contribution in [0.4, 0.5) is 4.39 Å². The first-order valence-corrected chi connectivity index (χ1v) is 8.06. The average Bonchev–Trinajstić information content (AvgIpc) is 2.59. The molecule has 5 nitrogen and oxygen atoms in total. The Balaban J connectivity index is 1.63. The molecule has 1 atom stereocenters. The highest BCUT2D eigenvalue weighted by molar-refractivity contribution is 6.31. The van der Waals surface area contributed by atoms with E-state index in [0.29, 0.717) is 21.5 Å². The second-order valence-electron chi connectivity index (χ2n) is 5.62.